The second-order valence-corrected chi connectivity index (χ2v) is 4.05. The standard InChI is InChI=1S/C14H16O4/c1-4-10(2)14(17,11(3)15)13(16)18-12-8-6-5-7-9-12/h4-10,17H,1H2,2-3H3/t10-,14+/m1/s1. The van der Waals surface area contributed by atoms with Gasteiger partial charge in [0.05, 0.1) is 0 Å². The highest BCUT2D eigenvalue weighted by molar-refractivity contribution is 6.07. The van der Waals surface area contributed by atoms with Crippen LogP contribution >= 0.6 is 0 Å². The van der Waals surface area contributed by atoms with Crippen molar-refractivity contribution in [2.75, 3.05) is 0 Å². The van der Waals surface area contributed by atoms with Crippen LogP contribution in [0.3, 0.4) is 0 Å². The fourth-order valence-corrected chi connectivity index (χ4v) is 1.49. The fraction of sp³-hybridized carbons (Fsp3) is 0.286. The predicted molar refractivity (Wildman–Crippen MR) is 67.1 cm³/mol. The van der Waals surface area contributed by atoms with Gasteiger partial charge in [0.15, 0.2) is 5.78 Å². The molecule has 1 aromatic carbocycles. The van der Waals surface area contributed by atoms with E-state index in [2.05, 4.69) is 6.58 Å². The fourth-order valence-electron chi connectivity index (χ4n) is 1.49. The van der Waals surface area contributed by atoms with E-state index in [0.29, 0.717) is 0 Å². The van der Waals surface area contributed by atoms with E-state index in [-0.39, 0.29) is 5.75 Å². The van der Waals surface area contributed by atoms with Crippen LogP contribution in [-0.4, -0.2) is 22.5 Å². The zero-order valence-corrected chi connectivity index (χ0v) is 10.4. The number of Topliss-reactive ketones (excluding diaryl/α,β-unsaturated/α-hetero) is 1. The van der Waals surface area contributed by atoms with Gasteiger partial charge >= 0.3 is 5.97 Å². The predicted octanol–water partition coefficient (Wildman–Crippen LogP) is 1.73. The minimum Gasteiger partial charge on any atom is -0.424 e. The molecule has 0 unspecified atom stereocenters. The van der Waals surface area contributed by atoms with Crippen LogP contribution in [0.1, 0.15) is 13.8 Å². The Morgan fingerprint density at radius 3 is 2.39 bits per heavy atom. The van der Waals surface area contributed by atoms with E-state index in [0.717, 1.165) is 6.92 Å². The number of aliphatic hydroxyl groups is 1. The maximum Gasteiger partial charge on any atom is 0.351 e. The van der Waals surface area contributed by atoms with Crippen LogP contribution in [-0.2, 0) is 9.59 Å². The number of para-hydroxylation sites is 1. The number of ketones is 1. The van der Waals surface area contributed by atoms with Crippen LogP contribution in [0.5, 0.6) is 5.75 Å². The highest BCUT2D eigenvalue weighted by Crippen LogP contribution is 2.23. The van der Waals surface area contributed by atoms with Crippen LogP contribution in [0.4, 0.5) is 0 Å². The summed E-state index contributed by atoms with van der Waals surface area (Å²) in [7, 11) is 0. The lowest BCUT2D eigenvalue weighted by Gasteiger charge is -2.27. The zero-order chi connectivity index (χ0) is 13.8. The van der Waals surface area contributed by atoms with Gasteiger partial charge in [-0.15, -0.1) is 6.58 Å². The van der Waals surface area contributed by atoms with E-state index >= 15 is 0 Å². The van der Waals surface area contributed by atoms with Gasteiger partial charge < -0.3 is 9.84 Å². The Labute approximate surface area is 106 Å². The molecule has 0 aliphatic carbocycles. The molecule has 96 valence electrons. The van der Waals surface area contributed by atoms with Crippen molar-refractivity contribution in [3.05, 3.63) is 43.0 Å². The second kappa shape index (κ2) is 5.60. The third-order valence-electron chi connectivity index (χ3n) is 2.81. The number of rotatable bonds is 5. The van der Waals surface area contributed by atoms with Crippen LogP contribution in [0.2, 0.25) is 0 Å². The summed E-state index contributed by atoms with van der Waals surface area (Å²) in [5.41, 5.74) is -2.20. The molecule has 0 aliphatic heterocycles. The number of benzene rings is 1. The summed E-state index contributed by atoms with van der Waals surface area (Å²) in [6.07, 6.45) is 1.34. The molecular formula is C14H16O4. The van der Waals surface area contributed by atoms with Gasteiger partial charge in [0.1, 0.15) is 5.75 Å². The lowest BCUT2D eigenvalue weighted by molar-refractivity contribution is -0.165. The molecule has 0 saturated carbocycles. The molecule has 0 bridgehead atoms. The number of hydrogen-bond donors (Lipinski definition) is 1. The van der Waals surface area contributed by atoms with Crippen molar-refractivity contribution in [1.82, 2.24) is 0 Å². The summed E-state index contributed by atoms with van der Waals surface area (Å²) >= 11 is 0. The van der Waals surface area contributed by atoms with Gasteiger partial charge in [-0.1, -0.05) is 31.2 Å². The topological polar surface area (TPSA) is 63.6 Å². The first kappa shape index (κ1) is 14.1. The normalized spacial score (nSPS) is 15.3. The van der Waals surface area contributed by atoms with Crippen molar-refractivity contribution < 1.29 is 19.4 Å². The quantitative estimate of drug-likeness (QED) is 0.373. The van der Waals surface area contributed by atoms with Crippen molar-refractivity contribution in [2.45, 2.75) is 19.4 Å². The molecule has 0 spiro atoms. The molecule has 2 atom stereocenters. The maximum atomic E-state index is 11.9. The second-order valence-electron chi connectivity index (χ2n) is 4.05. The largest absolute Gasteiger partial charge is 0.424 e. The maximum absolute atomic E-state index is 11.9. The molecule has 1 rings (SSSR count). The number of esters is 1. The minimum absolute atomic E-state index is 0.276. The molecule has 0 fully saturated rings. The summed E-state index contributed by atoms with van der Waals surface area (Å²) in [5, 5.41) is 10.2. The van der Waals surface area contributed by atoms with Gasteiger partial charge in [-0.05, 0) is 19.1 Å². The molecule has 0 radical (unpaired) electrons. The number of carbonyl (C=O) groups is 2. The summed E-state index contributed by atoms with van der Waals surface area (Å²) in [4.78, 5) is 23.4. The Kier molecular flexibility index (Phi) is 4.39. The van der Waals surface area contributed by atoms with Gasteiger partial charge in [0, 0.05) is 5.92 Å². The SMILES string of the molecule is C=C[C@@H](C)[C@](O)(C(C)=O)C(=O)Oc1ccccc1. The average molecular weight is 248 g/mol. The highest BCUT2D eigenvalue weighted by atomic mass is 16.6. The molecular weight excluding hydrogens is 232 g/mol. The van der Waals surface area contributed by atoms with Crippen molar-refractivity contribution in [2.24, 2.45) is 5.92 Å². The van der Waals surface area contributed by atoms with Crippen LogP contribution in [0, 0.1) is 5.92 Å². The molecule has 0 aromatic heterocycles. The van der Waals surface area contributed by atoms with E-state index in [1.54, 1.807) is 30.3 Å². The average Bonchev–Trinajstić information content (AvgIpc) is 2.37. The summed E-state index contributed by atoms with van der Waals surface area (Å²) in [6.45, 7) is 6.15. The van der Waals surface area contributed by atoms with Crippen molar-refractivity contribution >= 4 is 11.8 Å². The monoisotopic (exact) mass is 248 g/mol. The van der Waals surface area contributed by atoms with E-state index < -0.39 is 23.3 Å². The molecule has 4 heteroatoms. The van der Waals surface area contributed by atoms with E-state index in [9.17, 15) is 14.7 Å². The number of carbonyl (C=O) groups excluding carboxylic acids is 2. The van der Waals surface area contributed by atoms with Gasteiger partial charge in [-0.2, -0.15) is 0 Å². The lowest BCUT2D eigenvalue weighted by Crippen LogP contribution is -2.52. The zero-order valence-electron chi connectivity index (χ0n) is 10.4. The molecule has 0 amide bonds. The summed E-state index contributed by atoms with van der Waals surface area (Å²) in [5.74, 6) is -2.12. The molecule has 1 N–H and O–H groups in total. The first-order valence-corrected chi connectivity index (χ1v) is 5.56. The van der Waals surface area contributed by atoms with Crippen molar-refractivity contribution in [3.63, 3.8) is 0 Å². The first-order chi connectivity index (χ1) is 8.42. The molecule has 4 nitrogen and oxygen atoms in total. The molecule has 0 heterocycles. The third kappa shape index (κ3) is 2.65. The number of hydrogen-bond acceptors (Lipinski definition) is 4. The van der Waals surface area contributed by atoms with Crippen LogP contribution < -0.4 is 4.74 Å². The van der Waals surface area contributed by atoms with Gasteiger partial charge in [-0.3, -0.25) is 4.79 Å². The Morgan fingerprint density at radius 1 is 1.39 bits per heavy atom. The van der Waals surface area contributed by atoms with Crippen LogP contribution in [0.25, 0.3) is 0 Å². The lowest BCUT2D eigenvalue weighted by atomic mass is 9.85. The van der Waals surface area contributed by atoms with Crippen molar-refractivity contribution in [3.8, 4) is 5.75 Å². The minimum atomic E-state index is -2.20. The van der Waals surface area contributed by atoms with Gasteiger partial charge in [0.25, 0.3) is 0 Å². The molecule has 0 aliphatic rings. The van der Waals surface area contributed by atoms with E-state index in [4.69, 9.17) is 4.74 Å². The van der Waals surface area contributed by atoms with Gasteiger partial charge in [0.2, 0.25) is 5.60 Å². The summed E-state index contributed by atoms with van der Waals surface area (Å²) < 4.78 is 5.01. The molecule has 0 saturated heterocycles. The third-order valence-corrected chi connectivity index (χ3v) is 2.81. The molecule has 1 aromatic rings. The van der Waals surface area contributed by atoms with Crippen LogP contribution in [0.15, 0.2) is 43.0 Å². The van der Waals surface area contributed by atoms with Crippen molar-refractivity contribution in [1.29, 1.82) is 0 Å². The Balaban J connectivity index is 2.98. The first-order valence-electron chi connectivity index (χ1n) is 5.56. The van der Waals surface area contributed by atoms with E-state index in [1.165, 1.54) is 13.0 Å². The Hall–Kier alpha value is -1.94. The Bertz CT molecular complexity index is 452. The van der Waals surface area contributed by atoms with Gasteiger partial charge in [-0.25, -0.2) is 4.79 Å². The molecule has 18 heavy (non-hydrogen) atoms. The Morgan fingerprint density at radius 2 is 1.94 bits per heavy atom. The summed E-state index contributed by atoms with van der Waals surface area (Å²) in [6, 6.07) is 8.27. The highest BCUT2D eigenvalue weighted by Gasteiger charge is 2.47. The smallest absolute Gasteiger partial charge is 0.351 e. The van der Waals surface area contributed by atoms with E-state index in [1.807, 2.05) is 0 Å². The number of ether oxygens (including phenoxy) is 1.